The summed E-state index contributed by atoms with van der Waals surface area (Å²) in [5.74, 6) is 0.241. The van der Waals surface area contributed by atoms with Gasteiger partial charge in [-0.15, -0.1) is 0 Å². The van der Waals surface area contributed by atoms with Crippen LogP contribution in [0.5, 0.6) is 0 Å². The molecule has 0 unspecified atom stereocenters. The van der Waals surface area contributed by atoms with Crippen molar-refractivity contribution in [2.45, 2.75) is 38.5 Å². The first-order valence-corrected chi connectivity index (χ1v) is 14.1. The van der Waals surface area contributed by atoms with Crippen LogP contribution < -0.4 is 5.32 Å². The number of aromatic amines is 2. The first kappa shape index (κ1) is 25.1. The van der Waals surface area contributed by atoms with Crippen molar-refractivity contribution in [2.75, 3.05) is 5.32 Å². The number of hydrogen-bond donors (Lipinski definition) is 3. The minimum atomic E-state index is -0.260. The van der Waals surface area contributed by atoms with Gasteiger partial charge < -0.3 is 10.3 Å². The van der Waals surface area contributed by atoms with E-state index in [-0.39, 0.29) is 11.7 Å². The molecule has 3 N–H and O–H groups in total. The molecule has 2 aromatic carbocycles. The molecule has 1 fully saturated rings. The Labute approximate surface area is 236 Å². The van der Waals surface area contributed by atoms with E-state index in [0.29, 0.717) is 23.6 Å². The van der Waals surface area contributed by atoms with E-state index >= 15 is 0 Å². The molecule has 4 aromatic heterocycles. The van der Waals surface area contributed by atoms with Gasteiger partial charge >= 0.3 is 0 Å². The first-order chi connectivity index (χ1) is 20.1. The summed E-state index contributed by atoms with van der Waals surface area (Å²) in [6.45, 7) is 0. The molecule has 7 rings (SSSR count). The summed E-state index contributed by atoms with van der Waals surface area (Å²) in [4.78, 5) is 25.1. The lowest BCUT2D eigenvalue weighted by Gasteiger charge is -2.20. The van der Waals surface area contributed by atoms with Gasteiger partial charge in [0.05, 0.1) is 35.0 Å². The maximum absolute atomic E-state index is 14.6. The zero-order chi connectivity index (χ0) is 27.8. The predicted octanol–water partition coefficient (Wildman–Crippen LogP) is 7.88. The Kier molecular flexibility index (Phi) is 6.51. The van der Waals surface area contributed by atoms with Crippen LogP contribution in [0.15, 0.2) is 79.3 Å². The highest BCUT2D eigenvalue weighted by molar-refractivity contribution is 6.01. The maximum atomic E-state index is 14.6. The normalized spacial score (nSPS) is 14.1. The molecular formula is C33H29FN6O. The number of rotatable bonds is 6. The van der Waals surface area contributed by atoms with Gasteiger partial charge in [0.1, 0.15) is 11.5 Å². The predicted molar refractivity (Wildman–Crippen MR) is 160 cm³/mol. The minimum Gasteiger partial charge on any atom is -0.353 e. The molecule has 1 amide bonds. The van der Waals surface area contributed by atoms with Gasteiger partial charge in [0, 0.05) is 40.0 Å². The standard InChI is InChI=1S/C33H29FN6O/c34-27-11-5-4-9-24(27)23-10-6-12-28-25(23)15-30(38-28)33-26-16-29(36-19-31(26)39-40-33)21-14-22(18-35-17-21)37-32(41)13-20-7-2-1-3-8-20/h4-6,9-12,14-20,38H,1-3,7-8,13H2,(H,37,41)(H,39,40). The molecule has 204 valence electrons. The Balaban J connectivity index is 1.20. The Hall–Kier alpha value is -4.85. The zero-order valence-corrected chi connectivity index (χ0v) is 22.5. The third-order valence-corrected chi connectivity index (χ3v) is 8.05. The molecule has 0 saturated heterocycles. The van der Waals surface area contributed by atoms with Crippen LogP contribution in [0.25, 0.3) is 55.6 Å². The van der Waals surface area contributed by atoms with Gasteiger partial charge in [-0.05, 0) is 54.7 Å². The lowest BCUT2D eigenvalue weighted by molar-refractivity contribution is -0.117. The average Bonchev–Trinajstić information content (AvgIpc) is 3.62. The number of amides is 1. The number of pyridine rings is 2. The molecular weight excluding hydrogens is 515 g/mol. The van der Waals surface area contributed by atoms with Gasteiger partial charge in [-0.2, -0.15) is 5.10 Å². The van der Waals surface area contributed by atoms with Crippen molar-refractivity contribution in [3.63, 3.8) is 0 Å². The van der Waals surface area contributed by atoms with Crippen molar-refractivity contribution in [2.24, 2.45) is 5.92 Å². The summed E-state index contributed by atoms with van der Waals surface area (Å²) in [7, 11) is 0. The first-order valence-electron chi connectivity index (χ1n) is 14.1. The molecule has 8 heteroatoms. The molecule has 0 bridgehead atoms. The van der Waals surface area contributed by atoms with Crippen molar-refractivity contribution in [3.8, 4) is 33.8 Å². The number of fused-ring (bicyclic) bond motifs is 2. The topological polar surface area (TPSA) is 99.4 Å². The fourth-order valence-corrected chi connectivity index (χ4v) is 5.99. The van der Waals surface area contributed by atoms with Crippen LogP contribution in [0.2, 0.25) is 0 Å². The summed E-state index contributed by atoms with van der Waals surface area (Å²) in [6.07, 6.45) is 11.7. The number of carbonyl (C=O) groups is 1. The number of halogens is 1. The third kappa shape index (κ3) is 4.97. The highest BCUT2D eigenvalue weighted by Gasteiger charge is 2.18. The monoisotopic (exact) mass is 544 g/mol. The second-order valence-corrected chi connectivity index (χ2v) is 10.8. The molecule has 1 aliphatic carbocycles. The van der Waals surface area contributed by atoms with Gasteiger partial charge in [-0.1, -0.05) is 49.6 Å². The molecule has 1 saturated carbocycles. The fourth-order valence-electron chi connectivity index (χ4n) is 5.99. The molecule has 6 aromatic rings. The van der Waals surface area contributed by atoms with Crippen LogP contribution in [0.4, 0.5) is 10.1 Å². The van der Waals surface area contributed by atoms with Crippen LogP contribution >= 0.6 is 0 Å². The molecule has 0 atom stereocenters. The Morgan fingerprint density at radius 2 is 1.76 bits per heavy atom. The highest BCUT2D eigenvalue weighted by atomic mass is 19.1. The van der Waals surface area contributed by atoms with E-state index in [0.717, 1.165) is 62.9 Å². The lowest BCUT2D eigenvalue weighted by atomic mass is 9.87. The number of hydrogen-bond acceptors (Lipinski definition) is 4. The van der Waals surface area contributed by atoms with E-state index in [2.05, 4.69) is 30.5 Å². The van der Waals surface area contributed by atoms with Gasteiger partial charge in [-0.3, -0.25) is 19.9 Å². The van der Waals surface area contributed by atoms with Gasteiger partial charge in [0.2, 0.25) is 5.91 Å². The van der Waals surface area contributed by atoms with Crippen LogP contribution in [-0.4, -0.2) is 31.1 Å². The second kappa shape index (κ2) is 10.6. The van der Waals surface area contributed by atoms with E-state index in [1.165, 1.54) is 25.3 Å². The smallest absolute Gasteiger partial charge is 0.224 e. The van der Waals surface area contributed by atoms with Crippen LogP contribution in [0, 0.1) is 11.7 Å². The minimum absolute atomic E-state index is 0.0324. The fraction of sp³-hybridized carbons (Fsp3) is 0.212. The van der Waals surface area contributed by atoms with E-state index in [1.807, 2.05) is 42.5 Å². The van der Waals surface area contributed by atoms with Crippen molar-refractivity contribution in [1.29, 1.82) is 0 Å². The van der Waals surface area contributed by atoms with Crippen LogP contribution in [0.3, 0.4) is 0 Å². The average molecular weight is 545 g/mol. The quantitative estimate of drug-likeness (QED) is 0.199. The zero-order valence-electron chi connectivity index (χ0n) is 22.5. The van der Waals surface area contributed by atoms with Gasteiger partial charge in [-0.25, -0.2) is 4.39 Å². The van der Waals surface area contributed by atoms with E-state index in [4.69, 9.17) is 0 Å². The Morgan fingerprint density at radius 1 is 0.902 bits per heavy atom. The number of anilines is 1. The molecule has 7 nitrogen and oxygen atoms in total. The van der Waals surface area contributed by atoms with Gasteiger partial charge in [0.15, 0.2) is 0 Å². The Morgan fingerprint density at radius 3 is 2.63 bits per heavy atom. The van der Waals surface area contributed by atoms with Crippen LogP contribution in [-0.2, 0) is 4.79 Å². The van der Waals surface area contributed by atoms with E-state index in [9.17, 15) is 9.18 Å². The van der Waals surface area contributed by atoms with Crippen molar-refractivity contribution < 1.29 is 9.18 Å². The van der Waals surface area contributed by atoms with Crippen molar-refractivity contribution in [3.05, 3.63) is 85.1 Å². The number of H-pyrrole nitrogens is 2. The number of nitrogens with one attached hydrogen (secondary N) is 3. The molecule has 1 aliphatic rings. The molecule has 4 heterocycles. The summed E-state index contributed by atoms with van der Waals surface area (Å²) >= 11 is 0. The lowest BCUT2D eigenvalue weighted by Crippen LogP contribution is -2.18. The number of aromatic nitrogens is 5. The van der Waals surface area contributed by atoms with E-state index < -0.39 is 0 Å². The third-order valence-electron chi connectivity index (χ3n) is 8.05. The summed E-state index contributed by atoms with van der Waals surface area (Å²) in [5.41, 5.74) is 6.80. The summed E-state index contributed by atoms with van der Waals surface area (Å²) < 4.78 is 14.6. The maximum Gasteiger partial charge on any atom is 0.224 e. The number of nitrogens with zero attached hydrogens (tertiary/aromatic N) is 3. The summed E-state index contributed by atoms with van der Waals surface area (Å²) in [6, 6.07) is 18.5. The second-order valence-electron chi connectivity index (χ2n) is 10.8. The highest BCUT2D eigenvalue weighted by Crippen LogP contribution is 2.36. The number of carbonyl (C=O) groups excluding carboxylic acids is 1. The number of benzene rings is 2. The van der Waals surface area contributed by atoms with E-state index in [1.54, 1.807) is 30.7 Å². The Bertz CT molecular complexity index is 1880. The van der Waals surface area contributed by atoms with Crippen molar-refractivity contribution in [1.82, 2.24) is 25.1 Å². The molecule has 0 spiro atoms. The van der Waals surface area contributed by atoms with Crippen LogP contribution in [0.1, 0.15) is 38.5 Å². The van der Waals surface area contributed by atoms with Gasteiger partial charge in [0.25, 0.3) is 0 Å². The molecule has 0 aliphatic heterocycles. The van der Waals surface area contributed by atoms with Crippen molar-refractivity contribution >= 4 is 33.4 Å². The largest absolute Gasteiger partial charge is 0.353 e. The molecule has 41 heavy (non-hydrogen) atoms. The SMILES string of the molecule is O=C(CC1CCCCC1)Nc1cncc(-c2cc3c(-c4cc5c(-c6ccccc6F)cccc5[nH]4)n[nH]c3cn2)c1. The summed E-state index contributed by atoms with van der Waals surface area (Å²) in [5, 5.41) is 12.5. The molecule has 0 radical (unpaired) electrons.